The van der Waals surface area contributed by atoms with Crippen LogP contribution in [0.4, 0.5) is 5.69 Å². The van der Waals surface area contributed by atoms with E-state index < -0.39 is 5.97 Å². The van der Waals surface area contributed by atoms with E-state index in [4.69, 9.17) is 0 Å². The highest BCUT2D eigenvalue weighted by atomic mass is 32.1. The Bertz CT molecular complexity index is 1190. The summed E-state index contributed by atoms with van der Waals surface area (Å²) in [4.78, 5) is 28.6. The van der Waals surface area contributed by atoms with Gasteiger partial charge in [0.05, 0.1) is 18.4 Å². The van der Waals surface area contributed by atoms with Crippen molar-refractivity contribution >= 4 is 39.8 Å². The van der Waals surface area contributed by atoms with E-state index in [0.29, 0.717) is 16.9 Å². The van der Waals surface area contributed by atoms with Crippen LogP contribution in [0.15, 0.2) is 60.0 Å². The van der Waals surface area contributed by atoms with Gasteiger partial charge in [-0.3, -0.25) is 4.79 Å². The number of nitrogens with one attached hydrogen (secondary N) is 1. The Balaban J connectivity index is 1.56. The number of rotatable bonds is 5. The van der Waals surface area contributed by atoms with Crippen LogP contribution in [0, 0.1) is 0 Å². The van der Waals surface area contributed by atoms with Crippen molar-refractivity contribution in [3.63, 3.8) is 0 Å². The van der Waals surface area contributed by atoms with Gasteiger partial charge in [0.1, 0.15) is 10.7 Å². The Morgan fingerprint density at radius 1 is 1.14 bits per heavy atom. The van der Waals surface area contributed by atoms with Gasteiger partial charge in [-0.15, -0.1) is 11.3 Å². The summed E-state index contributed by atoms with van der Waals surface area (Å²) in [5.41, 5.74) is 3.51. The lowest BCUT2D eigenvalue weighted by Gasteiger charge is -2.05. The maximum atomic E-state index is 12.6. The van der Waals surface area contributed by atoms with Crippen molar-refractivity contribution in [2.75, 3.05) is 12.4 Å². The lowest BCUT2D eigenvalue weighted by molar-refractivity contribution is 0.0600. The standard InChI is InChI=1S/C22H19N3O3S/c1-3-25-18-7-5-4-6-15(18)12-19(25)21-24-17(13-29-21)20(26)23-16-10-8-14(9-11-16)22(27)28-2/h4-13H,3H2,1-2H3,(H,23,26). The molecule has 0 fully saturated rings. The van der Waals surface area contributed by atoms with Gasteiger partial charge in [-0.25, -0.2) is 9.78 Å². The highest BCUT2D eigenvalue weighted by Crippen LogP contribution is 2.30. The molecule has 7 heteroatoms. The highest BCUT2D eigenvalue weighted by Gasteiger charge is 2.16. The number of hydrogen-bond acceptors (Lipinski definition) is 5. The number of benzene rings is 2. The lowest BCUT2D eigenvalue weighted by atomic mass is 10.2. The van der Waals surface area contributed by atoms with Gasteiger partial charge in [0.2, 0.25) is 0 Å². The fourth-order valence-corrected chi connectivity index (χ4v) is 4.05. The fraction of sp³-hybridized carbons (Fsp3) is 0.136. The van der Waals surface area contributed by atoms with E-state index in [9.17, 15) is 9.59 Å². The second kappa shape index (κ2) is 7.89. The van der Waals surface area contributed by atoms with Crippen LogP contribution in [0.2, 0.25) is 0 Å². The molecule has 0 unspecified atom stereocenters. The Hall–Kier alpha value is -3.45. The average Bonchev–Trinajstić information content (AvgIpc) is 3.38. The molecule has 146 valence electrons. The summed E-state index contributed by atoms with van der Waals surface area (Å²) in [6.45, 7) is 2.91. The molecule has 0 spiro atoms. The van der Waals surface area contributed by atoms with Gasteiger partial charge in [0.15, 0.2) is 0 Å². The lowest BCUT2D eigenvalue weighted by Crippen LogP contribution is -2.12. The van der Waals surface area contributed by atoms with Gasteiger partial charge >= 0.3 is 5.97 Å². The van der Waals surface area contributed by atoms with E-state index in [1.165, 1.54) is 18.4 Å². The van der Waals surface area contributed by atoms with Crippen molar-refractivity contribution in [2.24, 2.45) is 0 Å². The molecule has 0 aliphatic rings. The third-order valence-electron chi connectivity index (χ3n) is 4.65. The second-order valence-electron chi connectivity index (χ2n) is 6.39. The number of thiazole rings is 1. The Morgan fingerprint density at radius 2 is 1.90 bits per heavy atom. The second-order valence-corrected chi connectivity index (χ2v) is 7.25. The zero-order valence-electron chi connectivity index (χ0n) is 16.0. The number of aromatic nitrogens is 2. The fourth-order valence-electron chi connectivity index (χ4n) is 3.23. The molecule has 4 aromatic rings. The minimum Gasteiger partial charge on any atom is -0.465 e. The van der Waals surface area contributed by atoms with E-state index in [0.717, 1.165) is 28.1 Å². The van der Waals surface area contributed by atoms with E-state index in [1.54, 1.807) is 29.6 Å². The molecule has 4 rings (SSSR count). The number of hydrogen-bond donors (Lipinski definition) is 1. The van der Waals surface area contributed by atoms with Crippen LogP contribution < -0.4 is 5.32 Å². The SMILES string of the molecule is CCn1c(-c2nc(C(=O)Nc3ccc(C(=O)OC)cc3)cs2)cc2ccccc21. The summed E-state index contributed by atoms with van der Waals surface area (Å²) in [7, 11) is 1.33. The number of carbonyl (C=O) groups is 2. The summed E-state index contributed by atoms with van der Waals surface area (Å²) in [6.07, 6.45) is 0. The van der Waals surface area contributed by atoms with Gasteiger partial charge in [0.25, 0.3) is 5.91 Å². The molecular formula is C22H19N3O3S. The Morgan fingerprint density at radius 3 is 2.62 bits per heavy atom. The molecule has 2 heterocycles. The zero-order valence-corrected chi connectivity index (χ0v) is 16.8. The van der Waals surface area contributed by atoms with Crippen LogP contribution in [-0.2, 0) is 11.3 Å². The van der Waals surface area contributed by atoms with Crippen molar-refractivity contribution in [3.8, 4) is 10.7 Å². The largest absolute Gasteiger partial charge is 0.465 e. The van der Waals surface area contributed by atoms with Crippen molar-refractivity contribution in [1.29, 1.82) is 0 Å². The number of carbonyl (C=O) groups excluding carboxylic acids is 2. The van der Waals surface area contributed by atoms with Crippen LogP contribution in [0.25, 0.3) is 21.6 Å². The molecule has 29 heavy (non-hydrogen) atoms. The number of fused-ring (bicyclic) bond motifs is 1. The molecule has 0 radical (unpaired) electrons. The molecule has 0 atom stereocenters. The third kappa shape index (κ3) is 3.64. The van der Waals surface area contributed by atoms with Crippen molar-refractivity contribution in [1.82, 2.24) is 9.55 Å². The number of anilines is 1. The predicted molar refractivity (Wildman–Crippen MR) is 114 cm³/mol. The van der Waals surface area contributed by atoms with Crippen molar-refractivity contribution in [3.05, 3.63) is 71.2 Å². The van der Waals surface area contributed by atoms with Crippen LogP contribution in [0.5, 0.6) is 0 Å². The van der Waals surface area contributed by atoms with Gasteiger partial charge in [0, 0.05) is 28.5 Å². The molecule has 0 bridgehead atoms. The first-order valence-corrected chi connectivity index (χ1v) is 10.0. The number of ether oxygens (including phenoxy) is 1. The number of nitrogens with zero attached hydrogens (tertiary/aromatic N) is 2. The predicted octanol–water partition coefficient (Wildman–Crippen LogP) is 4.82. The topological polar surface area (TPSA) is 73.2 Å². The van der Waals surface area contributed by atoms with Crippen molar-refractivity contribution < 1.29 is 14.3 Å². The maximum Gasteiger partial charge on any atom is 0.337 e. The van der Waals surface area contributed by atoms with Gasteiger partial charge in [-0.05, 0) is 43.3 Å². The highest BCUT2D eigenvalue weighted by molar-refractivity contribution is 7.13. The van der Waals surface area contributed by atoms with Crippen LogP contribution in [0.3, 0.4) is 0 Å². The van der Waals surface area contributed by atoms with Crippen LogP contribution >= 0.6 is 11.3 Å². The van der Waals surface area contributed by atoms with E-state index in [-0.39, 0.29) is 5.91 Å². The molecule has 2 aromatic carbocycles. The number of amides is 1. The number of para-hydroxylation sites is 1. The number of esters is 1. The van der Waals surface area contributed by atoms with Crippen LogP contribution in [-0.4, -0.2) is 28.5 Å². The minimum absolute atomic E-state index is 0.294. The Labute approximate surface area is 171 Å². The first-order valence-electron chi connectivity index (χ1n) is 9.14. The van der Waals surface area contributed by atoms with Gasteiger partial charge < -0.3 is 14.6 Å². The molecule has 0 saturated carbocycles. The normalized spacial score (nSPS) is 10.8. The van der Waals surface area contributed by atoms with Crippen molar-refractivity contribution in [2.45, 2.75) is 13.5 Å². The molecule has 0 aliphatic carbocycles. The smallest absolute Gasteiger partial charge is 0.337 e. The maximum absolute atomic E-state index is 12.6. The summed E-state index contributed by atoms with van der Waals surface area (Å²) in [5, 5.41) is 6.51. The monoisotopic (exact) mass is 405 g/mol. The zero-order chi connectivity index (χ0) is 20.4. The molecule has 0 aliphatic heterocycles. The first kappa shape index (κ1) is 18.9. The van der Waals surface area contributed by atoms with Gasteiger partial charge in [-0.2, -0.15) is 0 Å². The molecule has 0 saturated heterocycles. The number of methoxy groups -OCH3 is 1. The van der Waals surface area contributed by atoms with Crippen LogP contribution in [0.1, 0.15) is 27.8 Å². The quantitative estimate of drug-likeness (QED) is 0.483. The van der Waals surface area contributed by atoms with E-state index >= 15 is 0 Å². The summed E-state index contributed by atoms with van der Waals surface area (Å²) >= 11 is 1.44. The first-order chi connectivity index (χ1) is 14.1. The number of aryl methyl sites for hydroxylation is 1. The van der Waals surface area contributed by atoms with E-state index in [2.05, 4.69) is 44.7 Å². The molecule has 6 nitrogen and oxygen atoms in total. The summed E-state index contributed by atoms with van der Waals surface area (Å²) < 4.78 is 6.87. The summed E-state index contributed by atoms with van der Waals surface area (Å²) in [6, 6.07) is 16.8. The third-order valence-corrected chi connectivity index (χ3v) is 5.51. The minimum atomic E-state index is -0.418. The molecule has 1 N–H and O–H groups in total. The molecule has 1 amide bonds. The molecular weight excluding hydrogens is 386 g/mol. The average molecular weight is 405 g/mol. The Kier molecular flexibility index (Phi) is 5.14. The summed E-state index contributed by atoms with van der Waals surface area (Å²) in [5.74, 6) is -0.712. The molecule has 2 aromatic heterocycles. The van der Waals surface area contributed by atoms with E-state index in [1.807, 2.05) is 12.1 Å². The van der Waals surface area contributed by atoms with Gasteiger partial charge in [-0.1, -0.05) is 18.2 Å².